The predicted octanol–water partition coefficient (Wildman–Crippen LogP) is 2.89. The molecule has 4 N–H and O–H groups in total. The first-order valence-corrected chi connectivity index (χ1v) is 6.95. The predicted molar refractivity (Wildman–Crippen MR) is 76.3 cm³/mol. The zero-order valence-corrected chi connectivity index (χ0v) is 11.5. The first-order chi connectivity index (χ1) is 9.07. The van der Waals surface area contributed by atoms with Crippen LogP contribution >= 0.6 is 11.6 Å². The molecule has 0 atom stereocenters. The van der Waals surface area contributed by atoms with E-state index in [9.17, 15) is 9.90 Å². The van der Waals surface area contributed by atoms with Gasteiger partial charge in [0.25, 0.3) is 0 Å². The number of hydrogen-bond donors (Lipinski definition) is 3. The Bertz CT molecular complexity index is 471. The van der Waals surface area contributed by atoms with Gasteiger partial charge in [0.05, 0.1) is 10.4 Å². The third-order valence-corrected chi connectivity index (χ3v) is 4.19. The number of anilines is 1. The Morgan fingerprint density at radius 1 is 1.37 bits per heavy atom. The summed E-state index contributed by atoms with van der Waals surface area (Å²) in [5.74, 6) is -0.0395. The molecular weight excluding hydrogens is 264 g/mol. The summed E-state index contributed by atoms with van der Waals surface area (Å²) in [6.07, 6.45) is 4.92. The highest BCUT2D eigenvalue weighted by molar-refractivity contribution is 6.32. The third kappa shape index (κ3) is 3.01. The quantitative estimate of drug-likeness (QED) is 0.746. The molecule has 0 heterocycles. The lowest BCUT2D eigenvalue weighted by molar-refractivity contribution is -0.126. The van der Waals surface area contributed by atoms with E-state index >= 15 is 0 Å². The molecule has 0 aliphatic heterocycles. The maximum Gasteiger partial charge on any atom is 0.231 e. The zero-order chi connectivity index (χ0) is 13.9. The van der Waals surface area contributed by atoms with Crippen molar-refractivity contribution in [1.29, 1.82) is 0 Å². The van der Waals surface area contributed by atoms with Crippen molar-refractivity contribution >= 4 is 23.2 Å². The van der Waals surface area contributed by atoms with Crippen molar-refractivity contribution in [3.05, 3.63) is 23.2 Å². The second-order valence-electron chi connectivity index (χ2n) is 5.17. The minimum absolute atomic E-state index is 0.00544. The Labute approximate surface area is 117 Å². The average Bonchev–Trinajstić information content (AvgIpc) is 2.43. The van der Waals surface area contributed by atoms with Gasteiger partial charge >= 0.3 is 0 Å². The van der Waals surface area contributed by atoms with Crippen LogP contribution in [-0.2, 0) is 4.79 Å². The Kier molecular flexibility index (Phi) is 4.32. The maximum absolute atomic E-state index is 12.4. The number of nitrogens with two attached hydrogens (primary N) is 1. The standard InChI is InChI=1S/C14H19ClN2O2/c15-11-8-10(4-5-12(11)18)17-13(19)14(9-16)6-2-1-3-7-14/h4-5,8,18H,1-3,6-7,9,16H2,(H,17,19). The highest BCUT2D eigenvalue weighted by Gasteiger charge is 2.38. The third-order valence-electron chi connectivity index (χ3n) is 3.89. The van der Waals surface area contributed by atoms with Gasteiger partial charge in [-0.05, 0) is 31.0 Å². The smallest absolute Gasteiger partial charge is 0.231 e. The number of halogens is 1. The fourth-order valence-electron chi connectivity index (χ4n) is 2.60. The van der Waals surface area contributed by atoms with Gasteiger partial charge in [-0.2, -0.15) is 0 Å². The van der Waals surface area contributed by atoms with Gasteiger partial charge in [0.15, 0.2) is 0 Å². The van der Waals surface area contributed by atoms with Crippen LogP contribution < -0.4 is 11.1 Å². The number of nitrogens with one attached hydrogen (secondary N) is 1. The monoisotopic (exact) mass is 282 g/mol. The van der Waals surface area contributed by atoms with E-state index in [2.05, 4.69) is 5.32 Å². The van der Waals surface area contributed by atoms with Crippen LogP contribution in [-0.4, -0.2) is 17.6 Å². The van der Waals surface area contributed by atoms with Gasteiger partial charge in [0.2, 0.25) is 5.91 Å². The Morgan fingerprint density at radius 2 is 2.05 bits per heavy atom. The molecule has 4 nitrogen and oxygen atoms in total. The van der Waals surface area contributed by atoms with Crippen molar-refractivity contribution in [2.24, 2.45) is 11.1 Å². The summed E-state index contributed by atoms with van der Waals surface area (Å²) in [6, 6.07) is 4.64. The molecule has 0 unspecified atom stereocenters. The van der Waals surface area contributed by atoms with E-state index in [-0.39, 0.29) is 16.7 Å². The Balaban J connectivity index is 2.12. The van der Waals surface area contributed by atoms with Crippen molar-refractivity contribution in [2.45, 2.75) is 32.1 Å². The van der Waals surface area contributed by atoms with Crippen LogP contribution in [0.1, 0.15) is 32.1 Å². The van der Waals surface area contributed by atoms with Crippen molar-refractivity contribution in [3.8, 4) is 5.75 Å². The van der Waals surface area contributed by atoms with E-state index in [0.29, 0.717) is 12.2 Å². The number of carbonyl (C=O) groups is 1. The second-order valence-corrected chi connectivity index (χ2v) is 5.57. The molecule has 1 saturated carbocycles. The van der Waals surface area contributed by atoms with Gasteiger partial charge in [-0.3, -0.25) is 4.79 Å². The normalized spacial score (nSPS) is 18.0. The molecule has 0 saturated heterocycles. The van der Waals surface area contributed by atoms with Crippen LogP contribution in [0.5, 0.6) is 5.75 Å². The lowest BCUT2D eigenvalue weighted by Crippen LogP contribution is -2.43. The fraction of sp³-hybridized carbons (Fsp3) is 0.500. The molecule has 1 amide bonds. The molecule has 5 heteroatoms. The summed E-state index contributed by atoms with van der Waals surface area (Å²) < 4.78 is 0. The molecule has 1 aliphatic carbocycles. The van der Waals surface area contributed by atoms with Crippen molar-refractivity contribution in [3.63, 3.8) is 0 Å². The van der Waals surface area contributed by atoms with E-state index in [1.165, 1.54) is 12.5 Å². The number of benzene rings is 1. The number of phenolic OH excluding ortho intramolecular Hbond substituents is 1. The van der Waals surface area contributed by atoms with E-state index in [1.54, 1.807) is 12.1 Å². The second kappa shape index (κ2) is 5.80. The number of hydrogen-bond acceptors (Lipinski definition) is 3. The first-order valence-electron chi connectivity index (χ1n) is 6.57. The lowest BCUT2D eigenvalue weighted by atomic mass is 9.73. The molecule has 0 aromatic heterocycles. The van der Waals surface area contributed by atoms with E-state index in [0.717, 1.165) is 25.7 Å². The van der Waals surface area contributed by atoms with Crippen molar-refractivity contribution < 1.29 is 9.90 Å². The summed E-state index contributed by atoms with van der Waals surface area (Å²) >= 11 is 5.83. The number of aromatic hydroxyl groups is 1. The molecule has 104 valence electrons. The number of amides is 1. The minimum Gasteiger partial charge on any atom is -0.506 e. The van der Waals surface area contributed by atoms with Crippen LogP contribution in [0.2, 0.25) is 5.02 Å². The SMILES string of the molecule is NCC1(C(=O)Nc2ccc(O)c(Cl)c2)CCCCC1. The summed E-state index contributed by atoms with van der Waals surface area (Å²) in [4.78, 5) is 12.4. The summed E-state index contributed by atoms with van der Waals surface area (Å²) in [6.45, 7) is 0.366. The summed E-state index contributed by atoms with van der Waals surface area (Å²) in [7, 11) is 0. The minimum atomic E-state index is -0.456. The zero-order valence-electron chi connectivity index (χ0n) is 10.8. The summed E-state index contributed by atoms with van der Waals surface area (Å²) in [5.41, 5.74) is 5.95. The average molecular weight is 283 g/mol. The largest absolute Gasteiger partial charge is 0.506 e. The highest BCUT2D eigenvalue weighted by Crippen LogP contribution is 2.37. The topological polar surface area (TPSA) is 75.4 Å². The number of phenols is 1. The van der Waals surface area contributed by atoms with Gasteiger partial charge in [-0.1, -0.05) is 30.9 Å². The van der Waals surface area contributed by atoms with Crippen LogP contribution in [0.25, 0.3) is 0 Å². The summed E-state index contributed by atoms with van der Waals surface area (Å²) in [5, 5.41) is 12.4. The molecule has 1 aromatic rings. The molecule has 19 heavy (non-hydrogen) atoms. The van der Waals surface area contributed by atoms with E-state index < -0.39 is 5.41 Å². The number of rotatable bonds is 3. The van der Waals surface area contributed by atoms with E-state index in [4.69, 9.17) is 17.3 Å². The van der Waals surface area contributed by atoms with Crippen LogP contribution in [0.4, 0.5) is 5.69 Å². The van der Waals surface area contributed by atoms with Crippen LogP contribution in [0.15, 0.2) is 18.2 Å². The molecule has 0 radical (unpaired) electrons. The van der Waals surface area contributed by atoms with Gasteiger partial charge in [-0.25, -0.2) is 0 Å². The van der Waals surface area contributed by atoms with Gasteiger partial charge in [0, 0.05) is 12.2 Å². The molecule has 1 aliphatic rings. The van der Waals surface area contributed by atoms with Gasteiger partial charge < -0.3 is 16.2 Å². The lowest BCUT2D eigenvalue weighted by Gasteiger charge is -2.34. The Hall–Kier alpha value is -1.26. The highest BCUT2D eigenvalue weighted by atomic mass is 35.5. The van der Waals surface area contributed by atoms with Crippen LogP contribution in [0, 0.1) is 5.41 Å². The van der Waals surface area contributed by atoms with Crippen molar-refractivity contribution in [1.82, 2.24) is 0 Å². The Morgan fingerprint density at radius 3 is 2.63 bits per heavy atom. The van der Waals surface area contributed by atoms with E-state index in [1.807, 2.05) is 0 Å². The van der Waals surface area contributed by atoms with Crippen LogP contribution in [0.3, 0.4) is 0 Å². The van der Waals surface area contributed by atoms with Gasteiger partial charge in [-0.15, -0.1) is 0 Å². The molecule has 1 fully saturated rings. The fourth-order valence-corrected chi connectivity index (χ4v) is 2.78. The molecule has 1 aromatic carbocycles. The molecular formula is C14H19ClN2O2. The number of carbonyl (C=O) groups excluding carboxylic acids is 1. The molecule has 0 spiro atoms. The first kappa shape index (κ1) is 14.2. The molecule has 0 bridgehead atoms. The maximum atomic E-state index is 12.4. The molecule has 2 rings (SSSR count). The van der Waals surface area contributed by atoms with Gasteiger partial charge in [0.1, 0.15) is 5.75 Å². The van der Waals surface area contributed by atoms with Crippen molar-refractivity contribution in [2.75, 3.05) is 11.9 Å².